The zero-order valence-electron chi connectivity index (χ0n) is 16.5. The second-order valence-electron chi connectivity index (χ2n) is 7.70. The number of hydrogen-bond donors (Lipinski definition) is 1. The van der Waals surface area contributed by atoms with Crippen LogP contribution >= 0.6 is 0 Å². The number of pyridine rings is 1. The molecule has 2 aromatic heterocycles. The van der Waals surface area contributed by atoms with Gasteiger partial charge in [0.25, 0.3) is 0 Å². The fourth-order valence-electron chi connectivity index (χ4n) is 2.54. The standard InChI is InChI=1S/C21H26N4O2/c1-14-11-16(8-9-18(14)26-17-7-6-10-22-13-17)12-23-15(2)19-24-20(25-27-19)21(3,4)5/h6-11,13,15,23H,12H2,1-5H3. The Bertz CT molecular complexity index is 885. The lowest BCUT2D eigenvalue weighted by atomic mass is 9.96. The molecule has 2 heterocycles. The van der Waals surface area contributed by atoms with Crippen LogP contribution in [0.5, 0.6) is 11.5 Å². The molecule has 0 amide bonds. The zero-order valence-corrected chi connectivity index (χ0v) is 16.5. The smallest absolute Gasteiger partial charge is 0.243 e. The van der Waals surface area contributed by atoms with Crippen LogP contribution in [0.1, 0.15) is 56.6 Å². The summed E-state index contributed by atoms with van der Waals surface area (Å²) in [5, 5.41) is 7.51. The van der Waals surface area contributed by atoms with E-state index < -0.39 is 0 Å². The van der Waals surface area contributed by atoms with Crippen molar-refractivity contribution in [1.29, 1.82) is 0 Å². The third-order valence-electron chi connectivity index (χ3n) is 4.20. The lowest BCUT2D eigenvalue weighted by molar-refractivity contribution is 0.330. The fraction of sp³-hybridized carbons (Fsp3) is 0.381. The molecule has 6 nitrogen and oxygen atoms in total. The predicted octanol–water partition coefficient (Wildman–Crippen LogP) is 4.71. The van der Waals surface area contributed by atoms with Crippen molar-refractivity contribution >= 4 is 0 Å². The molecule has 0 aliphatic rings. The summed E-state index contributed by atoms with van der Waals surface area (Å²) < 4.78 is 11.3. The van der Waals surface area contributed by atoms with E-state index in [1.165, 1.54) is 0 Å². The van der Waals surface area contributed by atoms with Gasteiger partial charge in [0, 0.05) is 18.2 Å². The van der Waals surface area contributed by atoms with Crippen molar-refractivity contribution in [1.82, 2.24) is 20.4 Å². The van der Waals surface area contributed by atoms with Gasteiger partial charge >= 0.3 is 0 Å². The highest BCUT2D eigenvalue weighted by molar-refractivity contribution is 5.39. The molecule has 3 aromatic rings. The molecule has 1 N–H and O–H groups in total. The van der Waals surface area contributed by atoms with Gasteiger partial charge in [0.2, 0.25) is 5.89 Å². The Morgan fingerprint density at radius 1 is 1.22 bits per heavy atom. The molecule has 0 aliphatic carbocycles. The molecule has 142 valence electrons. The first-order chi connectivity index (χ1) is 12.8. The maximum absolute atomic E-state index is 5.88. The molecule has 0 fully saturated rings. The summed E-state index contributed by atoms with van der Waals surface area (Å²) in [5.41, 5.74) is 2.11. The lowest BCUT2D eigenvalue weighted by Gasteiger charge is -2.13. The van der Waals surface area contributed by atoms with Crippen molar-refractivity contribution in [3.63, 3.8) is 0 Å². The van der Waals surface area contributed by atoms with Crippen molar-refractivity contribution in [2.24, 2.45) is 0 Å². The van der Waals surface area contributed by atoms with Gasteiger partial charge in [-0.3, -0.25) is 4.98 Å². The third-order valence-corrected chi connectivity index (χ3v) is 4.20. The molecule has 0 spiro atoms. The Hall–Kier alpha value is -2.73. The zero-order chi connectivity index (χ0) is 19.4. The van der Waals surface area contributed by atoms with E-state index in [1.807, 2.05) is 38.1 Å². The second-order valence-corrected chi connectivity index (χ2v) is 7.70. The van der Waals surface area contributed by atoms with Crippen LogP contribution in [-0.2, 0) is 12.0 Å². The number of rotatable bonds is 6. The minimum atomic E-state index is -0.122. The van der Waals surface area contributed by atoms with Gasteiger partial charge in [0.1, 0.15) is 11.5 Å². The van der Waals surface area contributed by atoms with Gasteiger partial charge in [-0.15, -0.1) is 0 Å². The Kier molecular flexibility index (Phi) is 5.56. The molecule has 0 radical (unpaired) electrons. The molecule has 1 unspecified atom stereocenters. The predicted molar refractivity (Wildman–Crippen MR) is 104 cm³/mol. The van der Waals surface area contributed by atoms with Gasteiger partial charge in [-0.2, -0.15) is 4.98 Å². The Labute approximate surface area is 160 Å². The van der Waals surface area contributed by atoms with Crippen molar-refractivity contribution in [3.8, 4) is 11.5 Å². The molecule has 0 saturated heterocycles. The van der Waals surface area contributed by atoms with Crippen molar-refractivity contribution < 1.29 is 9.26 Å². The molecular weight excluding hydrogens is 340 g/mol. The van der Waals surface area contributed by atoms with E-state index in [1.54, 1.807) is 12.4 Å². The van der Waals surface area contributed by atoms with Crippen LogP contribution < -0.4 is 10.1 Å². The Balaban J connectivity index is 1.61. The van der Waals surface area contributed by atoms with Gasteiger partial charge in [-0.1, -0.05) is 38.1 Å². The van der Waals surface area contributed by atoms with Gasteiger partial charge in [0.15, 0.2) is 5.82 Å². The number of hydrogen-bond acceptors (Lipinski definition) is 6. The van der Waals surface area contributed by atoms with E-state index in [-0.39, 0.29) is 11.5 Å². The van der Waals surface area contributed by atoms with Crippen LogP contribution in [0.4, 0.5) is 0 Å². The quantitative estimate of drug-likeness (QED) is 0.681. The Morgan fingerprint density at radius 3 is 2.67 bits per heavy atom. The van der Waals surface area contributed by atoms with E-state index in [2.05, 4.69) is 47.3 Å². The van der Waals surface area contributed by atoms with Crippen LogP contribution in [-0.4, -0.2) is 15.1 Å². The van der Waals surface area contributed by atoms with Crippen LogP contribution in [0, 0.1) is 6.92 Å². The van der Waals surface area contributed by atoms with Crippen molar-refractivity contribution in [2.45, 2.75) is 52.6 Å². The van der Waals surface area contributed by atoms with Crippen LogP contribution in [0.2, 0.25) is 0 Å². The van der Waals surface area contributed by atoms with Crippen molar-refractivity contribution in [2.75, 3.05) is 0 Å². The van der Waals surface area contributed by atoms with Gasteiger partial charge in [0.05, 0.1) is 12.2 Å². The summed E-state index contributed by atoms with van der Waals surface area (Å²) in [5.74, 6) is 2.88. The first kappa shape index (κ1) is 19.0. The maximum atomic E-state index is 5.88. The highest BCUT2D eigenvalue weighted by Gasteiger charge is 2.22. The van der Waals surface area contributed by atoms with E-state index in [9.17, 15) is 0 Å². The number of ether oxygens (including phenoxy) is 1. The molecule has 3 rings (SSSR count). The largest absolute Gasteiger partial charge is 0.455 e. The molecule has 6 heteroatoms. The topological polar surface area (TPSA) is 73.1 Å². The highest BCUT2D eigenvalue weighted by Crippen LogP contribution is 2.25. The molecule has 0 saturated carbocycles. The van der Waals surface area contributed by atoms with Crippen LogP contribution in [0.25, 0.3) is 0 Å². The van der Waals surface area contributed by atoms with Crippen LogP contribution in [0.3, 0.4) is 0 Å². The molecule has 0 aliphatic heterocycles. The minimum absolute atomic E-state index is 0.0276. The number of nitrogens with zero attached hydrogens (tertiary/aromatic N) is 3. The molecular formula is C21H26N4O2. The fourth-order valence-corrected chi connectivity index (χ4v) is 2.54. The van der Waals surface area contributed by atoms with Gasteiger partial charge < -0.3 is 14.6 Å². The SMILES string of the molecule is Cc1cc(CNC(C)c2nc(C(C)(C)C)no2)ccc1Oc1cccnc1. The van der Waals surface area contributed by atoms with E-state index in [0.29, 0.717) is 12.4 Å². The van der Waals surface area contributed by atoms with Gasteiger partial charge in [-0.05, 0) is 43.2 Å². The lowest BCUT2D eigenvalue weighted by Crippen LogP contribution is -2.19. The first-order valence-corrected chi connectivity index (χ1v) is 9.08. The number of nitrogens with one attached hydrogen (secondary N) is 1. The van der Waals surface area contributed by atoms with E-state index in [0.717, 1.165) is 28.5 Å². The highest BCUT2D eigenvalue weighted by atomic mass is 16.5. The summed E-state index contributed by atoms with van der Waals surface area (Å²) in [6.45, 7) is 11.0. The summed E-state index contributed by atoms with van der Waals surface area (Å²) in [4.78, 5) is 8.57. The molecule has 27 heavy (non-hydrogen) atoms. The normalized spacial score (nSPS) is 12.8. The number of aryl methyl sites for hydroxylation is 1. The second kappa shape index (κ2) is 7.88. The Morgan fingerprint density at radius 2 is 2.04 bits per heavy atom. The van der Waals surface area contributed by atoms with Crippen molar-refractivity contribution in [3.05, 3.63) is 65.6 Å². The molecule has 0 bridgehead atoms. The monoisotopic (exact) mass is 366 g/mol. The molecule has 1 atom stereocenters. The summed E-state index contributed by atoms with van der Waals surface area (Å²) in [6.07, 6.45) is 3.43. The minimum Gasteiger partial charge on any atom is -0.455 e. The summed E-state index contributed by atoms with van der Waals surface area (Å²) in [7, 11) is 0. The number of aromatic nitrogens is 3. The average Bonchev–Trinajstić information content (AvgIpc) is 3.13. The first-order valence-electron chi connectivity index (χ1n) is 9.08. The van der Waals surface area contributed by atoms with Gasteiger partial charge in [-0.25, -0.2) is 0 Å². The van der Waals surface area contributed by atoms with Crippen LogP contribution in [0.15, 0.2) is 47.2 Å². The number of benzene rings is 1. The summed E-state index contributed by atoms with van der Waals surface area (Å²) >= 11 is 0. The maximum Gasteiger partial charge on any atom is 0.243 e. The average molecular weight is 366 g/mol. The van der Waals surface area contributed by atoms with E-state index >= 15 is 0 Å². The summed E-state index contributed by atoms with van der Waals surface area (Å²) in [6, 6.07) is 9.86. The third kappa shape index (κ3) is 4.92. The molecule has 1 aromatic carbocycles. The van der Waals surface area contributed by atoms with E-state index in [4.69, 9.17) is 9.26 Å².